The van der Waals surface area contributed by atoms with Crippen LogP contribution in [-0.4, -0.2) is 30.9 Å². The Bertz CT molecular complexity index is 600. The molecule has 4 nitrogen and oxygen atoms in total. The molecule has 20 heavy (non-hydrogen) atoms. The van der Waals surface area contributed by atoms with Crippen LogP contribution in [0.2, 0.25) is 0 Å². The van der Waals surface area contributed by atoms with E-state index in [1.807, 2.05) is 0 Å². The maximum atomic E-state index is 14.1. The lowest BCUT2D eigenvalue weighted by Gasteiger charge is -2.21. The van der Waals surface area contributed by atoms with Gasteiger partial charge in [0.1, 0.15) is 10.7 Å². The molecule has 1 N–H and O–H groups in total. The predicted octanol–water partition coefficient (Wildman–Crippen LogP) is 1.88. The summed E-state index contributed by atoms with van der Waals surface area (Å²) in [6.45, 7) is 1.37. The third-order valence-electron chi connectivity index (χ3n) is 3.44. The molecule has 1 fully saturated rings. The van der Waals surface area contributed by atoms with Crippen LogP contribution in [0.5, 0.6) is 0 Å². The Hall–Kier alpha value is -1.05. The van der Waals surface area contributed by atoms with Gasteiger partial charge in [0, 0.05) is 13.1 Å². The first-order valence-electron chi connectivity index (χ1n) is 6.49. The second-order valence-electron chi connectivity index (χ2n) is 4.90. The smallest absolute Gasteiger partial charge is 0.245 e. The Labute approximate surface area is 117 Å². The Morgan fingerprint density at radius 3 is 2.50 bits per heavy atom. The summed E-state index contributed by atoms with van der Waals surface area (Å²) in [7, 11) is -4.01. The predicted molar refractivity (Wildman–Crippen MR) is 69.4 cm³/mol. The van der Waals surface area contributed by atoms with Gasteiger partial charge in [0.05, 0.1) is 12.2 Å². The molecular formula is C13H17F2NO3S. The fourth-order valence-electron chi connectivity index (χ4n) is 2.04. The van der Waals surface area contributed by atoms with Gasteiger partial charge in [-0.2, -0.15) is 4.31 Å². The highest BCUT2D eigenvalue weighted by Crippen LogP contribution is 2.32. The van der Waals surface area contributed by atoms with E-state index in [-0.39, 0.29) is 6.54 Å². The second kappa shape index (κ2) is 5.75. The molecule has 0 aromatic heterocycles. The first kappa shape index (κ1) is 15.3. The molecule has 1 aromatic rings. The van der Waals surface area contributed by atoms with Crippen LogP contribution >= 0.6 is 0 Å². The first-order valence-corrected chi connectivity index (χ1v) is 7.93. The minimum atomic E-state index is -4.01. The summed E-state index contributed by atoms with van der Waals surface area (Å²) in [6, 6.07) is 1.78. The van der Waals surface area contributed by atoms with Gasteiger partial charge in [0.25, 0.3) is 0 Å². The number of nitrogens with zero attached hydrogens (tertiary/aromatic N) is 1. The molecule has 1 aromatic carbocycles. The summed E-state index contributed by atoms with van der Waals surface area (Å²) in [6.07, 6.45) is 1.94. The lowest BCUT2D eigenvalue weighted by atomic mass is 10.2. The van der Waals surface area contributed by atoms with Crippen LogP contribution in [0.15, 0.2) is 17.0 Å². The van der Waals surface area contributed by atoms with Crippen LogP contribution in [0, 0.1) is 17.6 Å². The van der Waals surface area contributed by atoms with E-state index >= 15 is 0 Å². The molecule has 0 amide bonds. The molecule has 0 unspecified atom stereocenters. The van der Waals surface area contributed by atoms with Crippen molar-refractivity contribution in [1.82, 2.24) is 4.31 Å². The molecule has 0 spiro atoms. The molecule has 0 atom stereocenters. The normalized spacial score (nSPS) is 15.8. The van der Waals surface area contributed by atoms with Gasteiger partial charge in [-0.3, -0.25) is 0 Å². The van der Waals surface area contributed by atoms with E-state index in [0.717, 1.165) is 25.0 Å². The fourth-order valence-corrected chi connectivity index (χ4v) is 3.66. The van der Waals surface area contributed by atoms with Crippen molar-refractivity contribution >= 4 is 10.0 Å². The highest BCUT2D eigenvalue weighted by atomic mass is 32.2. The molecule has 112 valence electrons. The molecule has 0 aliphatic heterocycles. The molecule has 0 saturated heterocycles. The van der Waals surface area contributed by atoms with E-state index in [4.69, 9.17) is 5.11 Å². The number of sulfonamides is 1. The topological polar surface area (TPSA) is 57.6 Å². The van der Waals surface area contributed by atoms with Gasteiger partial charge >= 0.3 is 0 Å². The maximum absolute atomic E-state index is 14.1. The average molecular weight is 305 g/mol. The van der Waals surface area contributed by atoms with Gasteiger partial charge in [-0.15, -0.1) is 0 Å². The van der Waals surface area contributed by atoms with Crippen molar-refractivity contribution in [1.29, 1.82) is 0 Å². The molecule has 0 heterocycles. The summed E-state index contributed by atoms with van der Waals surface area (Å²) in [5, 5.41) is 8.95. The highest BCUT2D eigenvalue weighted by molar-refractivity contribution is 7.89. The van der Waals surface area contributed by atoms with E-state index in [2.05, 4.69) is 0 Å². The molecule has 1 aliphatic rings. The average Bonchev–Trinajstić information content (AvgIpc) is 3.19. The number of aliphatic hydroxyl groups excluding tert-OH is 1. The second-order valence-corrected chi connectivity index (χ2v) is 6.80. The summed E-state index contributed by atoms with van der Waals surface area (Å²) >= 11 is 0. The maximum Gasteiger partial charge on any atom is 0.245 e. The van der Waals surface area contributed by atoms with Gasteiger partial charge in [-0.05, 0) is 30.9 Å². The van der Waals surface area contributed by atoms with Crippen molar-refractivity contribution in [2.45, 2.75) is 31.3 Å². The van der Waals surface area contributed by atoms with E-state index < -0.39 is 38.7 Å². The van der Waals surface area contributed by atoms with Crippen molar-refractivity contribution in [3.63, 3.8) is 0 Å². The minimum absolute atomic E-state index is 0.226. The molecule has 0 radical (unpaired) electrons. The lowest BCUT2D eigenvalue weighted by molar-refractivity contribution is 0.267. The fraction of sp³-hybridized carbons (Fsp3) is 0.538. The van der Waals surface area contributed by atoms with E-state index in [0.29, 0.717) is 12.5 Å². The zero-order valence-corrected chi connectivity index (χ0v) is 12.0. The van der Waals surface area contributed by atoms with Crippen LogP contribution in [-0.2, 0) is 16.6 Å². The van der Waals surface area contributed by atoms with Crippen molar-refractivity contribution in [3.05, 3.63) is 29.3 Å². The van der Waals surface area contributed by atoms with Crippen molar-refractivity contribution in [2.24, 2.45) is 5.92 Å². The Balaban J connectivity index is 2.42. The number of halogens is 2. The lowest BCUT2D eigenvalue weighted by Crippen LogP contribution is -2.33. The standard InChI is InChI=1S/C13H17F2NO3S/c1-2-16(7-9-3-4-9)20(18,19)12-6-5-11(14)10(8-17)13(12)15/h5-6,9,17H,2-4,7-8H2,1H3. The third kappa shape index (κ3) is 2.84. The van der Waals surface area contributed by atoms with E-state index in [1.165, 1.54) is 4.31 Å². The summed E-state index contributed by atoms with van der Waals surface area (Å²) in [4.78, 5) is -0.578. The Morgan fingerprint density at radius 2 is 2.00 bits per heavy atom. The number of benzene rings is 1. The van der Waals surface area contributed by atoms with Crippen molar-refractivity contribution in [2.75, 3.05) is 13.1 Å². The number of rotatable bonds is 6. The molecule has 7 heteroatoms. The van der Waals surface area contributed by atoms with Gasteiger partial charge in [0.2, 0.25) is 10.0 Å². The molecule has 0 bridgehead atoms. The third-order valence-corrected chi connectivity index (χ3v) is 5.40. The van der Waals surface area contributed by atoms with Crippen LogP contribution < -0.4 is 0 Å². The van der Waals surface area contributed by atoms with Gasteiger partial charge in [-0.1, -0.05) is 6.92 Å². The highest BCUT2D eigenvalue weighted by Gasteiger charge is 2.33. The Kier molecular flexibility index (Phi) is 4.41. The molecule has 2 rings (SSSR count). The minimum Gasteiger partial charge on any atom is -0.391 e. The zero-order valence-electron chi connectivity index (χ0n) is 11.1. The zero-order chi connectivity index (χ0) is 14.9. The summed E-state index contributed by atoms with van der Waals surface area (Å²) in [5.74, 6) is -1.83. The van der Waals surface area contributed by atoms with Crippen LogP contribution in [0.1, 0.15) is 25.3 Å². The molecule has 1 saturated carbocycles. The van der Waals surface area contributed by atoms with Crippen LogP contribution in [0.3, 0.4) is 0 Å². The first-order chi connectivity index (χ1) is 9.41. The SMILES string of the molecule is CCN(CC1CC1)S(=O)(=O)c1ccc(F)c(CO)c1F. The number of aliphatic hydroxyl groups is 1. The van der Waals surface area contributed by atoms with Crippen molar-refractivity contribution < 1.29 is 22.3 Å². The van der Waals surface area contributed by atoms with Gasteiger partial charge < -0.3 is 5.11 Å². The molecule has 1 aliphatic carbocycles. The largest absolute Gasteiger partial charge is 0.391 e. The summed E-state index contributed by atoms with van der Waals surface area (Å²) < 4.78 is 53.4. The van der Waals surface area contributed by atoms with E-state index in [1.54, 1.807) is 6.92 Å². The quantitative estimate of drug-likeness (QED) is 0.873. The van der Waals surface area contributed by atoms with E-state index in [9.17, 15) is 17.2 Å². The monoisotopic (exact) mass is 305 g/mol. The number of hydrogen-bond donors (Lipinski definition) is 1. The molecular weight excluding hydrogens is 288 g/mol. The Morgan fingerprint density at radius 1 is 1.35 bits per heavy atom. The van der Waals surface area contributed by atoms with Crippen LogP contribution in [0.4, 0.5) is 8.78 Å². The van der Waals surface area contributed by atoms with Gasteiger partial charge in [0.15, 0.2) is 5.82 Å². The summed E-state index contributed by atoms with van der Waals surface area (Å²) in [5.41, 5.74) is -0.617. The number of hydrogen-bond acceptors (Lipinski definition) is 3. The van der Waals surface area contributed by atoms with Gasteiger partial charge in [-0.25, -0.2) is 17.2 Å². The van der Waals surface area contributed by atoms with Crippen LogP contribution in [0.25, 0.3) is 0 Å². The van der Waals surface area contributed by atoms with Crippen molar-refractivity contribution in [3.8, 4) is 0 Å².